The molecule has 0 radical (unpaired) electrons. The van der Waals surface area contributed by atoms with Gasteiger partial charge in [0.05, 0.1) is 6.20 Å². The molecule has 0 saturated carbocycles. The molecule has 3 aromatic rings. The van der Waals surface area contributed by atoms with Crippen LogP contribution in [0.2, 0.25) is 0 Å². The SMILES string of the molecule is Cc1c(C(O)Cc2cnn(C)c2)oc2ccc(F)cc12. The Kier molecular flexibility index (Phi) is 3.06. The number of hydrogen-bond donors (Lipinski definition) is 1. The average molecular weight is 274 g/mol. The summed E-state index contributed by atoms with van der Waals surface area (Å²) in [6.45, 7) is 1.83. The number of aliphatic hydroxyl groups is 1. The van der Waals surface area contributed by atoms with Crippen LogP contribution in [0.25, 0.3) is 11.0 Å². The minimum atomic E-state index is -0.769. The van der Waals surface area contributed by atoms with Crippen molar-refractivity contribution in [3.8, 4) is 0 Å². The highest BCUT2D eigenvalue weighted by atomic mass is 19.1. The van der Waals surface area contributed by atoms with Crippen molar-refractivity contribution in [3.63, 3.8) is 0 Å². The minimum absolute atomic E-state index is 0.310. The number of halogens is 1. The van der Waals surface area contributed by atoms with Crippen LogP contribution in [0, 0.1) is 12.7 Å². The summed E-state index contributed by atoms with van der Waals surface area (Å²) in [5, 5.41) is 15.1. The van der Waals surface area contributed by atoms with Gasteiger partial charge in [0.1, 0.15) is 23.3 Å². The number of aliphatic hydroxyl groups excluding tert-OH is 1. The fourth-order valence-electron chi connectivity index (χ4n) is 2.42. The molecule has 0 aliphatic carbocycles. The number of hydrogen-bond acceptors (Lipinski definition) is 3. The number of benzene rings is 1. The molecule has 2 heterocycles. The number of rotatable bonds is 3. The summed E-state index contributed by atoms with van der Waals surface area (Å²) in [4.78, 5) is 0. The second kappa shape index (κ2) is 4.76. The highest BCUT2D eigenvalue weighted by molar-refractivity contribution is 5.82. The van der Waals surface area contributed by atoms with E-state index in [0.29, 0.717) is 23.2 Å². The summed E-state index contributed by atoms with van der Waals surface area (Å²) < 4.78 is 20.6. The molecule has 1 unspecified atom stereocenters. The van der Waals surface area contributed by atoms with Crippen LogP contribution in [0.3, 0.4) is 0 Å². The van der Waals surface area contributed by atoms with Crippen LogP contribution in [0.1, 0.15) is 23.0 Å². The number of aromatic nitrogens is 2. The summed E-state index contributed by atoms with van der Waals surface area (Å²) in [7, 11) is 1.82. The molecule has 0 fully saturated rings. The summed E-state index contributed by atoms with van der Waals surface area (Å²) in [5.74, 6) is 0.171. The Morgan fingerprint density at radius 1 is 1.45 bits per heavy atom. The van der Waals surface area contributed by atoms with E-state index in [2.05, 4.69) is 5.10 Å². The average Bonchev–Trinajstić information content (AvgIpc) is 2.94. The molecule has 0 amide bonds. The lowest BCUT2D eigenvalue weighted by molar-refractivity contribution is 0.151. The zero-order valence-corrected chi connectivity index (χ0v) is 11.3. The summed E-state index contributed by atoms with van der Waals surface area (Å²) in [5.41, 5.74) is 2.28. The molecule has 104 valence electrons. The molecular weight excluding hydrogens is 259 g/mol. The van der Waals surface area contributed by atoms with Gasteiger partial charge in [0.2, 0.25) is 0 Å². The van der Waals surface area contributed by atoms with E-state index in [9.17, 15) is 9.50 Å². The van der Waals surface area contributed by atoms with Crippen LogP contribution in [-0.2, 0) is 13.5 Å². The third-order valence-corrected chi connectivity index (χ3v) is 3.43. The van der Waals surface area contributed by atoms with E-state index < -0.39 is 6.10 Å². The molecule has 1 aromatic carbocycles. The van der Waals surface area contributed by atoms with E-state index in [4.69, 9.17) is 4.42 Å². The number of furan rings is 1. The molecule has 2 aromatic heterocycles. The van der Waals surface area contributed by atoms with Gasteiger partial charge in [-0.25, -0.2) is 4.39 Å². The smallest absolute Gasteiger partial charge is 0.137 e. The van der Waals surface area contributed by atoms with Gasteiger partial charge in [0.15, 0.2) is 0 Å². The monoisotopic (exact) mass is 274 g/mol. The molecule has 1 atom stereocenters. The van der Waals surface area contributed by atoms with Crippen LogP contribution < -0.4 is 0 Å². The van der Waals surface area contributed by atoms with E-state index in [0.717, 1.165) is 11.1 Å². The number of aryl methyl sites for hydroxylation is 2. The topological polar surface area (TPSA) is 51.2 Å². The molecule has 0 saturated heterocycles. The summed E-state index contributed by atoms with van der Waals surface area (Å²) in [6, 6.07) is 4.36. The van der Waals surface area contributed by atoms with Crippen LogP contribution in [0.15, 0.2) is 35.0 Å². The fourth-order valence-corrected chi connectivity index (χ4v) is 2.42. The summed E-state index contributed by atoms with van der Waals surface area (Å²) >= 11 is 0. The van der Waals surface area contributed by atoms with Gasteiger partial charge in [-0.15, -0.1) is 0 Å². The van der Waals surface area contributed by atoms with E-state index in [1.807, 2.05) is 20.2 Å². The van der Waals surface area contributed by atoms with E-state index in [1.54, 1.807) is 16.9 Å². The predicted octanol–water partition coefficient (Wildman–Crippen LogP) is 2.89. The van der Waals surface area contributed by atoms with E-state index in [-0.39, 0.29) is 5.82 Å². The molecule has 0 aliphatic rings. The van der Waals surface area contributed by atoms with Crippen molar-refractivity contribution in [2.24, 2.45) is 7.05 Å². The van der Waals surface area contributed by atoms with Crippen molar-refractivity contribution in [3.05, 3.63) is 53.3 Å². The van der Waals surface area contributed by atoms with Crippen LogP contribution in [0.5, 0.6) is 0 Å². The molecule has 20 heavy (non-hydrogen) atoms. The first-order valence-electron chi connectivity index (χ1n) is 6.38. The lowest BCUT2D eigenvalue weighted by Gasteiger charge is -2.07. The molecule has 0 aliphatic heterocycles. The Hall–Kier alpha value is -2.14. The van der Waals surface area contributed by atoms with Gasteiger partial charge in [-0.2, -0.15) is 5.10 Å². The normalized spacial score (nSPS) is 13.0. The van der Waals surface area contributed by atoms with Gasteiger partial charge in [-0.05, 0) is 30.7 Å². The first-order chi connectivity index (χ1) is 9.54. The van der Waals surface area contributed by atoms with Gasteiger partial charge < -0.3 is 9.52 Å². The predicted molar refractivity (Wildman–Crippen MR) is 72.8 cm³/mol. The second-order valence-corrected chi connectivity index (χ2v) is 4.97. The Labute approximate surface area is 115 Å². The van der Waals surface area contributed by atoms with Crippen molar-refractivity contribution < 1.29 is 13.9 Å². The van der Waals surface area contributed by atoms with E-state index >= 15 is 0 Å². The first-order valence-corrected chi connectivity index (χ1v) is 6.38. The largest absolute Gasteiger partial charge is 0.458 e. The van der Waals surface area contributed by atoms with Crippen molar-refractivity contribution in [1.29, 1.82) is 0 Å². The van der Waals surface area contributed by atoms with Crippen molar-refractivity contribution >= 4 is 11.0 Å². The van der Waals surface area contributed by atoms with Gasteiger partial charge in [0, 0.05) is 30.6 Å². The van der Waals surface area contributed by atoms with Gasteiger partial charge in [-0.3, -0.25) is 4.68 Å². The zero-order chi connectivity index (χ0) is 14.3. The molecular formula is C15H15FN2O2. The molecule has 4 nitrogen and oxygen atoms in total. The van der Waals surface area contributed by atoms with Crippen molar-refractivity contribution in [2.75, 3.05) is 0 Å². The maximum Gasteiger partial charge on any atom is 0.137 e. The Balaban J connectivity index is 1.95. The lowest BCUT2D eigenvalue weighted by atomic mass is 10.1. The van der Waals surface area contributed by atoms with Gasteiger partial charge in [0.25, 0.3) is 0 Å². The van der Waals surface area contributed by atoms with E-state index in [1.165, 1.54) is 12.1 Å². The minimum Gasteiger partial charge on any atom is -0.458 e. The van der Waals surface area contributed by atoms with Crippen molar-refractivity contribution in [2.45, 2.75) is 19.4 Å². The molecule has 3 rings (SSSR count). The van der Waals surface area contributed by atoms with Crippen LogP contribution >= 0.6 is 0 Å². The van der Waals surface area contributed by atoms with Crippen molar-refractivity contribution in [1.82, 2.24) is 9.78 Å². The highest BCUT2D eigenvalue weighted by Gasteiger charge is 2.19. The van der Waals surface area contributed by atoms with Crippen LogP contribution in [-0.4, -0.2) is 14.9 Å². The number of nitrogens with zero attached hydrogens (tertiary/aromatic N) is 2. The number of fused-ring (bicyclic) bond motifs is 1. The maximum atomic E-state index is 13.3. The Morgan fingerprint density at radius 2 is 2.25 bits per heavy atom. The molecule has 0 bridgehead atoms. The fraction of sp³-hybridized carbons (Fsp3) is 0.267. The Morgan fingerprint density at radius 3 is 2.95 bits per heavy atom. The summed E-state index contributed by atoms with van der Waals surface area (Å²) in [6.07, 6.45) is 3.20. The van der Waals surface area contributed by atoms with Gasteiger partial charge >= 0.3 is 0 Å². The highest BCUT2D eigenvalue weighted by Crippen LogP contribution is 2.31. The maximum absolute atomic E-state index is 13.3. The zero-order valence-electron chi connectivity index (χ0n) is 11.3. The first kappa shape index (κ1) is 12.9. The third kappa shape index (κ3) is 2.20. The molecule has 1 N–H and O–H groups in total. The molecule has 0 spiro atoms. The second-order valence-electron chi connectivity index (χ2n) is 4.97. The standard InChI is InChI=1S/C15H15FN2O2/c1-9-12-6-11(16)3-4-14(12)20-15(9)13(19)5-10-7-17-18(2)8-10/h3-4,6-8,13,19H,5H2,1-2H3. The molecule has 5 heteroatoms. The Bertz CT molecular complexity index is 760. The third-order valence-electron chi connectivity index (χ3n) is 3.43. The van der Waals surface area contributed by atoms with Crippen LogP contribution in [0.4, 0.5) is 4.39 Å². The lowest BCUT2D eigenvalue weighted by Crippen LogP contribution is -2.01. The van der Waals surface area contributed by atoms with Gasteiger partial charge in [-0.1, -0.05) is 0 Å². The quantitative estimate of drug-likeness (QED) is 0.799.